The van der Waals surface area contributed by atoms with Gasteiger partial charge in [0.15, 0.2) is 0 Å². The minimum atomic E-state index is -3.30. The smallest absolute Gasteiger partial charge is 0.411 e. The summed E-state index contributed by atoms with van der Waals surface area (Å²) >= 11 is 0. The van der Waals surface area contributed by atoms with Crippen molar-refractivity contribution in [1.29, 1.82) is 0 Å². The van der Waals surface area contributed by atoms with E-state index in [1.54, 1.807) is 0 Å². The van der Waals surface area contributed by atoms with Crippen LogP contribution in [0.5, 0.6) is 0 Å². The summed E-state index contributed by atoms with van der Waals surface area (Å²) in [6.45, 7) is 12.3. The first-order valence-electron chi connectivity index (χ1n) is 5.81. The Kier molecular flexibility index (Phi) is 7.70. The Morgan fingerprint density at radius 1 is 0.739 bits per heavy atom. The summed E-state index contributed by atoms with van der Waals surface area (Å²) in [5.74, 6) is -8.23. The largest absolute Gasteiger partial charge is 0.453 e. The fourth-order valence-electron chi connectivity index (χ4n) is 0.969. The zero-order valence-electron chi connectivity index (χ0n) is 11.9. The molecule has 124 valence electrons. The van der Waals surface area contributed by atoms with Crippen LogP contribution in [0.4, 0.5) is 0 Å². The highest BCUT2D eigenvalue weighted by molar-refractivity contribution is 5.85. The van der Waals surface area contributed by atoms with Crippen molar-refractivity contribution in [2.45, 2.75) is 12.3 Å². The van der Waals surface area contributed by atoms with Crippen LogP contribution >= 0.6 is 0 Å². The molecule has 0 bridgehead atoms. The molecule has 0 rings (SSSR count). The minimum Gasteiger partial charge on any atom is -0.411 e. The number of aliphatic hydroxyl groups is 1. The Morgan fingerprint density at radius 2 is 1.04 bits per heavy atom. The maximum Gasteiger partial charge on any atom is 0.453 e. The Balaban J connectivity index is 5.71. The van der Waals surface area contributed by atoms with Crippen LogP contribution in [-0.2, 0) is 38.1 Å². The van der Waals surface area contributed by atoms with Crippen LogP contribution in [0, 0.1) is 0 Å². The monoisotopic (exact) mass is 326 g/mol. The predicted octanol–water partition coefficient (Wildman–Crippen LogP) is -0.125. The van der Waals surface area contributed by atoms with E-state index in [2.05, 4.69) is 45.3 Å². The van der Waals surface area contributed by atoms with Gasteiger partial charge in [-0.3, -0.25) is 0 Å². The van der Waals surface area contributed by atoms with Gasteiger partial charge in [0.1, 0.15) is 0 Å². The van der Waals surface area contributed by atoms with E-state index in [1.165, 1.54) is 0 Å². The van der Waals surface area contributed by atoms with Gasteiger partial charge in [0.25, 0.3) is 0 Å². The molecule has 0 unspecified atom stereocenters. The van der Waals surface area contributed by atoms with Gasteiger partial charge in [-0.2, -0.15) is 0 Å². The van der Waals surface area contributed by atoms with Crippen LogP contribution in [-0.4, -0.2) is 41.2 Å². The number of rotatable bonds is 9. The third-order valence-electron chi connectivity index (χ3n) is 1.90. The van der Waals surface area contributed by atoms with E-state index in [-0.39, 0.29) is 0 Å². The Labute approximate surface area is 131 Å². The van der Waals surface area contributed by atoms with E-state index >= 15 is 0 Å². The number of esters is 4. The fourth-order valence-corrected chi connectivity index (χ4v) is 0.969. The molecule has 0 atom stereocenters. The van der Waals surface area contributed by atoms with E-state index in [1.807, 2.05) is 0 Å². The van der Waals surface area contributed by atoms with Gasteiger partial charge in [-0.1, -0.05) is 26.3 Å². The van der Waals surface area contributed by atoms with Crippen molar-refractivity contribution in [3.8, 4) is 0 Å². The summed E-state index contributed by atoms with van der Waals surface area (Å²) < 4.78 is 17.8. The molecule has 0 aromatic rings. The fraction of sp³-hybridized carbons (Fsp3) is 0.143. The highest BCUT2D eigenvalue weighted by Gasteiger charge is 2.51. The second-order valence-electron chi connectivity index (χ2n) is 3.50. The highest BCUT2D eigenvalue weighted by Crippen LogP contribution is 2.21. The summed E-state index contributed by atoms with van der Waals surface area (Å²) in [6.07, 6.45) is 0.147. The van der Waals surface area contributed by atoms with E-state index in [9.17, 15) is 24.3 Å². The molecule has 0 radical (unpaired) electrons. The number of hydrogen-bond acceptors (Lipinski definition) is 9. The maximum atomic E-state index is 11.3. The molecular weight excluding hydrogens is 312 g/mol. The molecule has 0 aromatic carbocycles. The molecule has 0 amide bonds. The molecule has 0 spiro atoms. The van der Waals surface area contributed by atoms with Crippen LogP contribution in [0.25, 0.3) is 0 Å². The lowest BCUT2D eigenvalue weighted by molar-refractivity contribution is -0.394. The lowest BCUT2D eigenvalue weighted by Crippen LogP contribution is -2.53. The van der Waals surface area contributed by atoms with E-state index < -0.39 is 36.1 Å². The normalized spacial score (nSPS) is 10.0. The van der Waals surface area contributed by atoms with Gasteiger partial charge in [0, 0.05) is 24.3 Å². The third-order valence-corrected chi connectivity index (χ3v) is 1.90. The SMILES string of the molecule is C=CC(=O)OC(OC(=O)C=C)C(O)(OC(=O)C=C)OC(=O)C=C. The zero-order chi connectivity index (χ0) is 18.0. The minimum absolute atomic E-state index is 0.606. The molecule has 0 fully saturated rings. The first kappa shape index (κ1) is 19.8. The number of hydrogen-bond donors (Lipinski definition) is 1. The van der Waals surface area contributed by atoms with Gasteiger partial charge < -0.3 is 24.1 Å². The molecule has 23 heavy (non-hydrogen) atoms. The quantitative estimate of drug-likeness (QED) is 0.350. The van der Waals surface area contributed by atoms with Gasteiger partial charge in [0.2, 0.25) is 0 Å². The summed E-state index contributed by atoms with van der Waals surface area (Å²) in [5.41, 5.74) is 0. The summed E-state index contributed by atoms with van der Waals surface area (Å²) in [5, 5.41) is 10.2. The third kappa shape index (κ3) is 6.40. The number of carbonyl (C=O) groups is 4. The van der Waals surface area contributed by atoms with Crippen LogP contribution in [0.1, 0.15) is 0 Å². The molecule has 0 heterocycles. The van der Waals surface area contributed by atoms with E-state index in [0.29, 0.717) is 24.3 Å². The molecular formula is C14H14O9. The average Bonchev–Trinajstić information content (AvgIpc) is 2.53. The molecule has 0 saturated heterocycles. The summed E-state index contributed by atoms with van der Waals surface area (Å²) in [4.78, 5) is 45.1. The Hall–Kier alpha value is -3.20. The van der Waals surface area contributed by atoms with Gasteiger partial charge in [-0.25, -0.2) is 19.2 Å². The lowest BCUT2D eigenvalue weighted by atomic mass is 10.4. The molecule has 0 saturated carbocycles. The zero-order valence-corrected chi connectivity index (χ0v) is 11.9. The Morgan fingerprint density at radius 3 is 1.30 bits per heavy atom. The molecule has 9 heteroatoms. The van der Waals surface area contributed by atoms with E-state index in [4.69, 9.17) is 0 Å². The van der Waals surface area contributed by atoms with Gasteiger partial charge in [0.05, 0.1) is 0 Å². The topological polar surface area (TPSA) is 125 Å². The van der Waals surface area contributed by atoms with Crippen molar-refractivity contribution >= 4 is 23.9 Å². The average molecular weight is 326 g/mol. The predicted molar refractivity (Wildman–Crippen MR) is 73.9 cm³/mol. The summed E-state index contributed by atoms with van der Waals surface area (Å²) in [7, 11) is 0. The van der Waals surface area contributed by atoms with Crippen LogP contribution in [0.2, 0.25) is 0 Å². The van der Waals surface area contributed by atoms with Crippen molar-refractivity contribution in [1.82, 2.24) is 0 Å². The molecule has 0 aliphatic heterocycles. The van der Waals surface area contributed by atoms with Crippen LogP contribution in [0.3, 0.4) is 0 Å². The van der Waals surface area contributed by atoms with Crippen molar-refractivity contribution < 1.29 is 43.2 Å². The van der Waals surface area contributed by atoms with Gasteiger partial charge in [-0.15, -0.1) is 0 Å². The molecule has 0 aromatic heterocycles. The first-order chi connectivity index (χ1) is 10.7. The Bertz CT molecular complexity index is 502. The summed E-state index contributed by atoms with van der Waals surface area (Å²) in [6, 6.07) is 0. The van der Waals surface area contributed by atoms with Crippen molar-refractivity contribution in [3.63, 3.8) is 0 Å². The number of carbonyl (C=O) groups excluding carboxylic acids is 4. The second-order valence-corrected chi connectivity index (χ2v) is 3.50. The highest BCUT2D eigenvalue weighted by atomic mass is 16.9. The molecule has 1 N–H and O–H groups in total. The maximum absolute atomic E-state index is 11.3. The van der Waals surface area contributed by atoms with Crippen molar-refractivity contribution in [2.24, 2.45) is 0 Å². The molecule has 0 aliphatic rings. The molecule has 9 nitrogen and oxygen atoms in total. The first-order valence-corrected chi connectivity index (χ1v) is 5.81. The van der Waals surface area contributed by atoms with Crippen molar-refractivity contribution in [3.05, 3.63) is 50.6 Å². The molecule has 0 aliphatic carbocycles. The lowest BCUT2D eigenvalue weighted by Gasteiger charge is -2.31. The van der Waals surface area contributed by atoms with Crippen LogP contribution < -0.4 is 0 Å². The van der Waals surface area contributed by atoms with Crippen molar-refractivity contribution in [2.75, 3.05) is 0 Å². The number of ether oxygens (including phenoxy) is 4. The standard InChI is InChI=1S/C14H14O9/c1-5-9(15)20-13(21-10(16)6-2)14(19,22-11(17)7-3)23-12(18)8-4/h5-8,13,19H,1-4H2. The van der Waals surface area contributed by atoms with Gasteiger partial charge >= 0.3 is 36.1 Å². The van der Waals surface area contributed by atoms with Crippen LogP contribution in [0.15, 0.2) is 50.6 Å². The second kappa shape index (κ2) is 8.95. The van der Waals surface area contributed by atoms with Gasteiger partial charge in [-0.05, 0) is 0 Å². The van der Waals surface area contributed by atoms with E-state index in [0.717, 1.165) is 0 Å².